The van der Waals surface area contributed by atoms with Gasteiger partial charge in [-0.25, -0.2) is 4.79 Å². The van der Waals surface area contributed by atoms with Gasteiger partial charge in [-0.05, 0) is 50.1 Å². The third kappa shape index (κ3) is 5.09. The van der Waals surface area contributed by atoms with Crippen LogP contribution < -0.4 is 10.1 Å². The second-order valence-electron chi connectivity index (χ2n) is 7.22. The molecule has 2 heterocycles. The highest BCUT2D eigenvalue weighted by atomic mass is 16.5. The van der Waals surface area contributed by atoms with Crippen LogP contribution in [-0.2, 0) is 0 Å². The molecule has 1 aromatic rings. The van der Waals surface area contributed by atoms with Crippen molar-refractivity contribution in [2.45, 2.75) is 12.8 Å². The van der Waals surface area contributed by atoms with Crippen LogP contribution in [0.25, 0.3) is 0 Å². The molecule has 0 radical (unpaired) electrons. The molecule has 2 aliphatic rings. The van der Waals surface area contributed by atoms with E-state index in [9.17, 15) is 4.79 Å². The highest BCUT2D eigenvalue weighted by Gasteiger charge is 2.26. The van der Waals surface area contributed by atoms with Crippen LogP contribution in [0.2, 0.25) is 0 Å². The molecule has 0 aliphatic carbocycles. The number of urea groups is 1. The fourth-order valence-electron chi connectivity index (χ4n) is 3.67. The number of likely N-dealkylation sites (tertiary alicyclic amines) is 1. The molecule has 138 valence electrons. The van der Waals surface area contributed by atoms with Crippen LogP contribution in [0.15, 0.2) is 24.3 Å². The minimum absolute atomic E-state index is 0.00763. The van der Waals surface area contributed by atoms with Crippen LogP contribution >= 0.6 is 0 Å². The fraction of sp³-hybridized carbons (Fsp3) is 0.632. The molecule has 2 amide bonds. The first-order valence-electron chi connectivity index (χ1n) is 9.25. The van der Waals surface area contributed by atoms with Gasteiger partial charge in [0.1, 0.15) is 5.75 Å². The van der Waals surface area contributed by atoms with Gasteiger partial charge in [-0.2, -0.15) is 0 Å². The van der Waals surface area contributed by atoms with E-state index in [2.05, 4.69) is 22.2 Å². The smallest absolute Gasteiger partial charge is 0.321 e. The number of nitrogens with one attached hydrogen (secondary N) is 1. The van der Waals surface area contributed by atoms with Crippen molar-refractivity contribution in [3.8, 4) is 5.75 Å². The lowest BCUT2D eigenvalue weighted by Gasteiger charge is -2.38. The summed E-state index contributed by atoms with van der Waals surface area (Å²) in [5, 5.41) is 3.00. The summed E-state index contributed by atoms with van der Waals surface area (Å²) in [5.41, 5.74) is 0.812. The standard InChI is InChI=1S/C19H30N4O2/c1-21-10-12-22(13-11-21)14-16-4-3-9-23(15-16)19(24)20-17-5-7-18(25-2)8-6-17/h5-8,16H,3-4,9-15H2,1-2H3,(H,20,24). The normalized spacial score (nSPS) is 22.6. The van der Waals surface area contributed by atoms with Crippen molar-refractivity contribution in [3.63, 3.8) is 0 Å². The van der Waals surface area contributed by atoms with Gasteiger partial charge in [0, 0.05) is 51.5 Å². The molecule has 3 rings (SSSR count). The number of carbonyl (C=O) groups excluding carboxylic acids is 1. The minimum atomic E-state index is 0.00763. The summed E-state index contributed by atoms with van der Waals surface area (Å²) < 4.78 is 5.15. The molecule has 2 aliphatic heterocycles. The fourth-order valence-corrected chi connectivity index (χ4v) is 3.67. The maximum Gasteiger partial charge on any atom is 0.321 e. The van der Waals surface area contributed by atoms with E-state index in [1.54, 1.807) is 7.11 Å². The SMILES string of the molecule is COc1ccc(NC(=O)N2CCCC(CN3CCN(C)CC3)C2)cc1. The number of carbonyl (C=O) groups is 1. The lowest BCUT2D eigenvalue weighted by molar-refractivity contribution is 0.109. The van der Waals surface area contributed by atoms with Gasteiger partial charge in [-0.3, -0.25) is 0 Å². The molecule has 1 unspecified atom stereocenters. The molecule has 6 heteroatoms. The van der Waals surface area contributed by atoms with Crippen LogP contribution in [0.1, 0.15) is 12.8 Å². The molecule has 1 N–H and O–H groups in total. The second kappa shape index (κ2) is 8.54. The van der Waals surface area contributed by atoms with Crippen LogP contribution in [0.3, 0.4) is 0 Å². The molecule has 0 spiro atoms. The van der Waals surface area contributed by atoms with Gasteiger partial charge in [0.25, 0.3) is 0 Å². The molecule has 6 nitrogen and oxygen atoms in total. The summed E-state index contributed by atoms with van der Waals surface area (Å²) in [6.07, 6.45) is 2.31. The summed E-state index contributed by atoms with van der Waals surface area (Å²) >= 11 is 0. The lowest BCUT2D eigenvalue weighted by Crippen LogP contribution is -2.49. The first-order valence-corrected chi connectivity index (χ1v) is 9.25. The van der Waals surface area contributed by atoms with Crippen LogP contribution in [-0.4, -0.2) is 80.7 Å². The highest BCUT2D eigenvalue weighted by Crippen LogP contribution is 2.20. The number of anilines is 1. The van der Waals surface area contributed by atoms with Gasteiger partial charge in [0.05, 0.1) is 7.11 Å². The van der Waals surface area contributed by atoms with Crippen molar-refractivity contribution in [1.82, 2.24) is 14.7 Å². The number of nitrogens with zero attached hydrogens (tertiary/aromatic N) is 3. The van der Waals surface area contributed by atoms with E-state index in [0.717, 1.165) is 63.7 Å². The molecule has 25 heavy (non-hydrogen) atoms. The van der Waals surface area contributed by atoms with E-state index in [1.807, 2.05) is 29.2 Å². The van der Waals surface area contributed by atoms with E-state index in [4.69, 9.17) is 4.74 Å². The van der Waals surface area contributed by atoms with Gasteiger partial charge in [0.2, 0.25) is 0 Å². The molecule has 0 aromatic heterocycles. The zero-order chi connectivity index (χ0) is 17.6. The molecule has 1 atom stereocenters. The predicted octanol–water partition coefficient (Wildman–Crippen LogP) is 2.19. The Kier molecular flexibility index (Phi) is 6.15. The van der Waals surface area contributed by atoms with Gasteiger partial charge < -0.3 is 24.8 Å². The van der Waals surface area contributed by atoms with Crippen LogP contribution in [0.5, 0.6) is 5.75 Å². The van der Waals surface area contributed by atoms with Gasteiger partial charge >= 0.3 is 6.03 Å². The molecular formula is C19H30N4O2. The summed E-state index contributed by atoms with van der Waals surface area (Å²) in [4.78, 5) is 19.5. The third-order valence-corrected chi connectivity index (χ3v) is 5.26. The van der Waals surface area contributed by atoms with E-state index < -0.39 is 0 Å². The zero-order valence-corrected chi connectivity index (χ0v) is 15.4. The Morgan fingerprint density at radius 2 is 1.88 bits per heavy atom. The molecule has 2 saturated heterocycles. The van der Waals surface area contributed by atoms with Crippen LogP contribution in [0, 0.1) is 5.92 Å². The van der Waals surface area contributed by atoms with Crippen LogP contribution in [0.4, 0.5) is 10.5 Å². The van der Waals surface area contributed by atoms with Gasteiger partial charge in [-0.1, -0.05) is 0 Å². The molecular weight excluding hydrogens is 316 g/mol. The first-order chi connectivity index (χ1) is 12.1. The zero-order valence-electron chi connectivity index (χ0n) is 15.4. The molecule has 2 fully saturated rings. The number of ether oxygens (including phenoxy) is 1. The average molecular weight is 346 g/mol. The van der Waals surface area contributed by atoms with Crippen molar-refractivity contribution in [3.05, 3.63) is 24.3 Å². The number of hydrogen-bond acceptors (Lipinski definition) is 4. The van der Waals surface area contributed by atoms with Crippen molar-refractivity contribution >= 4 is 11.7 Å². The number of rotatable bonds is 4. The largest absolute Gasteiger partial charge is 0.497 e. The van der Waals surface area contributed by atoms with Crippen molar-refractivity contribution in [1.29, 1.82) is 0 Å². The Hall–Kier alpha value is -1.79. The Morgan fingerprint density at radius 1 is 1.16 bits per heavy atom. The third-order valence-electron chi connectivity index (χ3n) is 5.26. The lowest BCUT2D eigenvalue weighted by atomic mass is 9.97. The summed E-state index contributed by atoms with van der Waals surface area (Å²) in [6.45, 7) is 7.40. The number of hydrogen-bond donors (Lipinski definition) is 1. The van der Waals surface area contributed by atoms with Gasteiger partial charge in [-0.15, -0.1) is 0 Å². The highest BCUT2D eigenvalue weighted by molar-refractivity contribution is 5.89. The Bertz CT molecular complexity index is 555. The predicted molar refractivity (Wildman–Crippen MR) is 100 cm³/mol. The summed E-state index contributed by atoms with van der Waals surface area (Å²) in [5.74, 6) is 1.38. The summed E-state index contributed by atoms with van der Waals surface area (Å²) in [6, 6.07) is 7.49. The molecule has 0 saturated carbocycles. The molecule has 0 bridgehead atoms. The first kappa shape index (κ1) is 18.0. The monoisotopic (exact) mass is 346 g/mol. The van der Waals surface area contributed by atoms with Gasteiger partial charge in [0.15, 0.2) is 0 Å². The topological polar surface area (TPSA) is 48.1 Å². The second-order valence-corrected chi connectivity index (χ2v) is 7.22. The van der Waals surface area contributed by atoms with Crippen molar-refractivity contribution in [2.75, 3.05) is 65.3 Å². The quantitative estimate of drug-likeness (QED) is 0.908. The Balaban J connectivity index is 1.49. The molecule has 1 aromatic carbocycles. The van der Waals surface area contributed by atoms with Crippen molar-refractivity contribution < 1.29 is 9.53 Å². The maximum absolute atomic E-state index is 12.6. The van der Waals surface area contributed by atoms with E-state index in [0.29, 0.717) is 5.92 Å². The number of likely N-dealkylation sites (N-methyl/N-ethyl adjacent to an activating group) is 1. The average Bonchev–Trinajstić information content (AvgIpc) is 2.64. The Labute approximate surface area is 150 Å². The van der Waals surface area contributed by atoms with E-state index in [-0.39, 0.29) is 6.03 Å². The van der Waals surface area contributed by atoms with Crippen molar-refractivity contribution in [2.24, 2.45) is 5.92 Å². The van der Waals surface area contributed by atoms with E-state index in [1.165, 1.54) is 6.42 Å². The number of amides is 2. The maximum atomic E-state index is 12.6. The van der Waals surface area contributed by atoms with E-state index >= 15 is 0 Å². The number of piperidine rings is 1. The Morgan fingerprint density at radius 3 is 2.56 bits per heavy atom. The number of methoxy groups -OCH3 is 1. The summed E-state index contributed by atoms with van der Waals surface area (Å²) in [7, 11) is 3.82. The number of piperazine rings is 1. The minimum Gasteiger partial charge on any atom is -0.497 e. The number of benzene rings is 1.